The van der Waals surface area contributed by atoms with Crippen LogP contribution in [-0.2, 0) is 17.7 Å². The van der Waals surface area contributed by atoms with E-state index in [0.717, 1.165) is 44.0 Å². The lowest BCUT2D eigenvalue weighted by Gasteiger charge is -2.33. The second kappa shape index (κ2) is 8.28. The second-order valence-corrected chi connectivity index (χ2v) is 6.54. The van der Waals surface area contributed by atoms with Crippen LogP contribution in [0.1, 0.15) is 28.4 Å². The number of hydrogen-bond donors (Lipinski definition) is 0. The molecule has 0 amide bonds. The molecule has 0 aliphatic carbocycles. The van der Waals surface area contributed by atoms with Gasteiger partial charge in [-0.25, -0.2) is 0 Å². The Hall–Kier alpha value is -2.17. The van der Waals surface area contributed by atoms with Crippen molar-refractivity contribution in [2.24, 2.45) is 0 Å². The number of carbonyl (C=O) groups excluding carboxylic acids is 1. The number of hydrogen-bond acceptors (Lipinski definition) is 4. The highest BCUT2D eigenvalue weighted by Crippen LogP contribution is 2.18. The van der Waals surface area contributed by atoms with Crippen LogP contribution in [0.3, 0.4) is 0 Å². The minimum absolute atomic E-state index is 0.111. The number of Topliss-reactive ketones (excluding diaryl/α,β-unsaturated/α-hetero) is 1. The van der Waals surface area contributed by atoms with Crippen LogP contribution in [0.5, 0.6) is 5.75 Å². The molecule has 2 aromatic carbocycles. The Kier molecular flexibility index (Phi) is 5.84. The van der Waals surface area contributed by atoms with E-state index < -0.39 is 0 Å². The number of ketones is 1. The molecule has 1 aliphatic heterocycles. The summed E-state index contributed by atoms with van der Waals surface area (Å²) < 4.78 is 11.2. The van der Waals surface area contributed by atoms with Gasteiger partial charge >= 0.3 is 0 Å². The Morgan fingerprint density at radius 3 is 2.80 bits per heavy atom. The standard InChI is InChI=1S/C21H25NO3/c1-16(23)19-7-3-6-18(11-19)14-22-9-10-25-21(15-22)13-17-5-4-8-20(12-17)24-2/h3-8,11-12,21H,9-10,13-15H2,1-2H3/t21-/m1/s1. The molecular formula is C21H25NO3. The van der Waals surface area contributed by atoms with Gasteiger partial charge in [0.1, 0.15) is 5.75 Å². The molecule has 0 unspecified atom stereocenters. The third kappa shape index (κ3) is 4.91. The monoisotopic (exact) mass is 339 g/mol. The maximum Gasteiger partial charge on any atom is 0.159 e. The van der Waals surface area contributed by atoms with E-state index in [1.807, 2.05) is 30.3 Å². The fourth-order valence-corrected chi connectivity index (χ4v) is 3.26. The van der Waals surface area contributed by atoms with E-state index in [9.17, 15) is 4.79 Å². The minimum Gasteiger partial charge on any atom is -0.497 e. The maximum absolute atomic E-state index is 11.6. The van der Waals surface area contributed by atoms with E-state index in [4.69, 9.17) is 9.47 Å². The lowest BCUT2D eigenvalue weighted by Crippen LogP contribution is -2.42. The van der Waals surface area contributed by atoms with Crippen molar-refractivity contribution in [3.63, 3.8) is 0 Å². The molecule has 1 fully saturated rings. The maximum atomic E-state index is 11.6. The lowest BCUT2D eigenvalue weighted by molar-refractivity contribution is -0.0305. The third-order valence-corrected chi connectivity index (χ3v) is 4.56. The van der Waals surface area contributed by atoms with Gasteiger partial charge in [0.2, 0.25) is 0 Å². The molecule has 3 rings (SSSR count). The predicted octanol–water partition coefficient (Wildman–Crippen LogP) is 3.34. The summed E-state index contributed by atoms with van der Waals surface area (Å²) in [5.41, 5.74) is 3.18. The van der Waals surface area contributed by atoms with Crippen molar-refractivity contribution >= 4 is 5.78 Å². The van der Waals surface area contributed by atoms with Crippen LogP contribution in [-0.4, -0.2) is 43.6 Å². The molecule has 0 aromatic heterocycles. The van der Waals surface area contributed by atoms with Gasteiger partial charge in [0, 0.05) is 31.6 Å². The topological polar surface area (TPSA) is 38.8 Å². The molecule has 4 heteroatoms. The summed E-state index contributed by atoms with van der Waals surface area (Å²) in [6.07, 6.45) is 1.05. The number of methoxy groups -OCH3 is 1. The lowest BCUT2D eigenvalue weighted by atomic mass is 10.0. The summed E-state index contributed by atoms with van der Waals surface area (Å²) in [4.78, 5) is 13.9. The molecule has 0 saturated carbocycles. The number of nitrogens with zero attached hydrogens (tertiary/aromatic N) is 1. The van der Waals surface area contributed by atoms with Crippen molar-refractivity contribution in [3.05, 3.63) is 65.2 Å². The van der Waals surface area contributed by atoms with Gasteiger partial charge in [0.05, 0.1) is 19.8 Å². The smallest absolute Gasteiger partial charge is 0.159 e. The van der Waals surface area contributed by atoms with E-state index in [0.29, 0.717) is 0 Å². The minimum atomic E-state index is 0.111. The zero-order chi connectivity index (χ0) is 17.6. The van der Waals surface area contributed by atoms with Gasteiger partial charge in [0.15, 0.2) is 5.78 Å². The molecule has 25 heavy (non-hydrogen) atoms. The summed E-state index contributed by atoms with van der Waals surface area (Å²) in [6.45, 7) is 5.00. The van der Waals surface area contributed by atoms with Crippen LogP contribution in [0.4, 0.5) is 0 Å². The average Bonchev–Trinajstić information content (AvgIpc) is 2.62. The molecule has 0 N–H and O–H groups in total. The van der Waals surface area contributed by atoms with E-state index in [1.165, 1.54) is 11.1 Å². The first-order valence-corrected chi connectivity index (χ1v) is 8.71. The van der Waals surface area contributed by atoms with Crippen molar-refractivity contribution in [1.29, 1.82) is 0 Å². The Labute approximate surface area is 149 Å². The first-order chi connectivity index (χ1) is 12.1. The average molecular weight is 339 g/mol. The summed E-state index contributed by atoms with van der Waals surface area (Å²) in [7, 11) is 1.69. The first kappa shape index (κ1) is 17.6. The predicted molar refractivity (Wildman–Crippen MR) is 98.2 cm³/mol. The Bertz CT molecular complexity index is 729. The Balaban J connectivity index is 1.61. The van der Waals surface area contributed by atoms with Crippen molar-refractivity contribution in [2.45, 2.75) is 26.0 Å². The number of ether oxygens (including phenoxy) is 2. The molecule has 2 aromatic rings. The number of rotatable bonds is 6. The van der Waals surface area contributed by atoms with Gasteiger partial charge in [-0.2, -0.15) is 0 Å². The van der Waals surface area contributed by atoms with Crippen LogP contribution < -0.4 is 4.74 Å². The number of morpholine rings is 1. The summed E-state index contributed by atoms with van der Waals surface area (Å²) in [5, 5.41) is 0. The van der Waals surface area contributed by atoms with Crippen molar-refractivity contribution in [3.8, 4) is 5.75 Å². The molecule has 4 nitrogen and oxygen atoms in total. The number of benzene rings is 2. The van der Waals surface area contributed by atoms with Gasteiger partial charge in [-0.15, -0.1) is 0 Å². The van der Waals surface area contributed by atoms with Gasteiger partial charge in [-0.05, 0) is 36.2 Å². The molecule has 1 saturated heterocycles. The number of carbonyl (C=O) groups is 1. The first-order valence-electron chi connectivity index (χ1n) is 8.71. The van der Waals surface area contributed by atoms with Gasteiger partial charge < -0.3 is 9.47 Å². The van der Waals surface area contributed by atoms with Crippen molar-refractivity contribution < 1.29 is 14.3 Å². The van der Waals surface area contributed by atoms with Crippen molar-refractivity contribution in [1.82, 2.24) is 4.90 Å². The van der Waals surface area contributed by atoms with Crippen LogP contribution in [0.25, 0.3) is 0 Å². The summed E-state index contributed by atoms with van der Waals surface area (Å²) >= 11 is 0. The summed E-state index contributed by atoms with van der Waals surface area (Å²) in [6, 6.07) is 16.1. The van der Waals surface area contributed by atoms with Crippen LogP contribution in [0, 0.1) is 0 Å². The van der Waals surface area contributed by atoms with E-state index in [2.05, 4.69) is 23.1 Å². The SMILES string of the molecule is COc1cccc(C[C@@H]2CN(Cc3cccc(C(C)=O)c3)CCO2)c1. The van der Waals surface area contributed by atoms with E-state index in [-0.39, 0.29) is 11.9 Å². The Morgan fingerprint density at radius 2 is 2.00 bits per heavy atom. The third-order valence-electron chi connectivity index (χ3n) is 4.56. The van der Waals surface area contributed by atoms with Gasteiger partial charge in [0.25, 0.3) is 0 Å². The highest BCUT2D eigenvalue weighted by molar-refractivity contribution is 5.94. The largest absolute Gasteiger partial charge is 0.497 e. The molecule has 0 radical (unpaired) electrons. The second-order valence-electron chi connectivity index (χ2n) is 6.54. The van der Waals surface area contributed by atoms with Gasteiger partial charge in [-0.3, -0.25) is 9.69 Å². The molecule has 0 spiro atoms. The van der Waals surface area contributed by atoms with E-state index in [1.54, 1.807) is 14.0 Å². The quantitative estimate of drug-likeness (QED) is 0.757. The molecule has 0 bridgehead atoms. The van der Waals surface area contributed by atoms with Gasteiger partial charge in [-0.1, -0.05) is 30.3 Å². The molecule has 132 valence electrons. The molecule has 1 aliphatic rings. The molecule has 1 atom stereocenters. The van der Waals surface area contributed by atoms with Crippen LogP contribution in [0.2, 0.25) is 0 Å². The molecule has 1 heterocycles. The highest BCUT2D eigenvalue weighted by Gasteiger charge is 2.21. The zero-order valence-corrected chi connectivity index (χ0v) is 14.9. The highest BCUT2D eigenvalue weighted by atomic mass is 16.5. The normalized spacial score (nSPS) is 18.1. The summed E-state index contributed by atoms with van der Waals surface area (Å²) in [5.74, 6) is 0.992. The van der Waals surface area contributed by atoms with E-state index >= 15 is 0 Å². The fourth-order valence-electron chi connectivity index (χ4n) is 3.26. The molecular weight excluding hydrogens is 314 g/mol. The van der Waals surface area contributed by atoms with Crippen LogP contribution in [0.15, 0.2) is 48.5 Å². The van der Waals surface area contributed by atoms with Crippen molar-refractivity contribution in [2.75, 3.05) is 26.8 Å². The Morgan fingerprint density at radius 1 is 1.20 bits per heavy atom. The zero-order valence-electron chi connectivity index (χ0n) is 14.9. The van der Waals surface area contributed by atoms with Crippen LogP contribution >= 0.6 is 0 Å². The fraction of sp³-hybridized carbons (Fsp3) is 0.381.